The first-order chi connectivity index (χ1) is 34.2. The van der Waals surface area contributed by atoms with Gasteiger partial charge in [0.05, 0.1) is 61.8 Å². The Labute approximate surface area is 404 Å². The molecule has 4 aliphatic rings. The van der Waals surface area contributed by atoms with E-state index in [0.29, 0.717) is 84.5 Å². The van der Waals surface area contributed by atoms with Gasteiger partial charge in [0.2, 0.25) is 11.8 Å². The van der Waals surface area contributed by atoms with Crippen LogP contribution in [0.1, 0.15) is 36.8 Å². The maximum absolute atomic E-state index is 15.0. The Hall–Kier alpha value is -7.87. The van der Waals surface area contributed by atoms with E-state index in [9.17, 15) is 38.0 Å². The Bertz CT molecular complexity index is 3140. The fourth-order valence-corrected chi connectivity index (χ4v) is 8.92. The van der Waals surface area contributed by atoms with Crippen LogP contribution in [0.15, 0.2) is 94.8 Å². The first-order valence-corrected chi connectivity index (χ1v) is 22.9. The van der Waals surface area contributed by atoms with E-state index in [1.54, 1.807) is 52.3 Å². The van der Waals surface area contributed by atoms with Crippen molar-refractivity contribution in [2.24, 2.45) is 11.7 Å². The molecule has 71 heavy (non-hydrogen) atoms. The van der Waals surface area contributed by atoms with E-state index < -0.39 is 17.9 Å². The number of anilines is 2. The topological polar surface area (TPSA) is 225 Å². The van der Waals surface area contributed by atoms with Crippen LogP contribution in [0.3, 0.4) is 0 Å². The van der Waals surface area contributed by atoms with Crippen LogP contribution in [0.25, 0.3) is 22.1 Å². The fraction of sp³-hybridized carbons (Fsp3) is 0.353. The average molecular weight is 976 g/mol. The number of ether oxygens (including phenoxy) is 4. The predicted octanol–water partition coefficient (Wildman–Crippen LogP) is 4.28. The number of nitrogens with two attached hydrogens (primary N) is 1. The monoisotopic (exact) mass is 975 g/mol. The van der Waals surface area contributed by atoms with Crippen molar-refractivity contribution >= 4 is 63.1 Å². The van der Waals surface area contributed by atoms with Gasteiger partial charge in [-0.05, 0) is 79.4 Å². The summed E-state index contributed by atoms with van der Waals surface area (Å²) in [5, 5.41) is 0. The second kappa shape index (κ2) is 21.8. The molecule has 2 amide bonds. The molecule has 6 aromatic rings. The van der Waals surface area contributed by atoms with Crippen LogP contribution < -0.4 is 45.6 Å². The smallest absolute Gasteiger partial charge is 0.269 e. The quantitative estimate of drug-likeness (QED) is 0.169. The van der Waals surface area contributed by atoms with Gasteiger partial charge >= 0.3 is 0 Å². The molecule has 2 saturated heterocycles. The number of rotatable bonds is 12. The highest BCUT2D eigenvalue weighted by atomic mass is 19.1. The molecule has 2 N–H and O–H groups in total. The van der Waals surface area contributed by atoms with Crippen molar-refractivity contribution in [1.29, 1.82) is 0 Å². The standard InChI is InChI=1S/C26H26FN3O5.C13H14N2O3.C12H11FN2O3/c1-34-21-5-6-22-23(11-21)30(26(33)12-28-22)14-18(27)3-2-16-8-25(32)29(13-16)19-4-7-24-17(9-19)10-20(31)15-35-24;14-9-5-13(17)15(6-9)10-1-2-12-8(3-10)4-11(16)7-18-12;1-18-9-2-3-10-11(4-9)15(6-8(13)7-16)12(17)5-14-10/h4-7,9,11-12,16,18H,2-3,8,10,13-15H2,1H3;1-3,9H,4-7,14H2;2-5,7-8H,6H2,1H3. The van der Waals surface area contributed by atoms with Gasteiger partial charge in [-0.3, -0.25) is 28.8 Å². The summed E-state index contributed by atoms with van der Waals surface area (Å²) in [5.41, 5.74) is 10.2. The predicted molar refractivity (Wildman–Crippen MR) is 257 cm³/mol. The lowest BCUT2D eigenvalue weighted by Gasteiger charge is -2.21. The number of alkyl halides is 2. The molecule has 0 spiro atoms. The van der Waals surface area contributed by atoms with E-state index in [1.807, 2.05) is 30.3 Å². The Morgan fingerprint density at radius 1 is 0.690 bits per heavy atom. The first-order valence-electron chi connectivity index (χ1n) is 22.9. The summed E-state index contributed by atoms with van der Waals surface area (Å²) in [6.07, 6.45) is 1.65. The number of methoxy groups -OCH3 is 2. The van der Waals surface area contributed by atoms with Crippen LogP contribution in [0.5, 0.6) is 23.0 Å². The SMILES string of the molecule is COc1ccc2ncc(=O)n(CC(F)C=O)c2c1.COc1ccc2ncc(=O)n(CC(F)CCC3CC(=O)N(c4ccc5c(c4)CC(=O)CO5)C3)c2c1.NC1CC(=O)N(c2ccc3c(c2)CC(=O)CO3)C1. The van der Waals surface area contributed by atoms with Crippen LogP contribution in [0, 0.1) is 5.92 Å². The lowest BCUT2D eigenvalue weighted by molar-refractivity contribution is -0.122. The molecular formula is C51H51F2N7O11. The van der Waals surface area contributed by atoms with E-state index in [1.165, 1.54) is 29.6 Å². The van der Waals surface area contributed by atoms with Crippen molar-refractivity contribution in [3.05, 3.63) is 117 Å². The number of benzene rings is 4. The van der Waals surface area contributed by atoms with Crippen LogP contribution in [0.2, 0.25) is 0 Å². The normalized spacial score (nSPS) is 18.0. The Balaban J connectivity index is 0.000000158. The summed E-state index contributed by atoms with van der Waals surface area (Å²) in [6.45, 7) is 0.833. The van der Waals surface area contributed by atoms with Crippen LogP contribution in [0.4, 0.5) is 20.2 Å². The minimum atomic E-state index is -1.72. The molecule has 4 unspecified atom stereocenters. The Morgan fingerprint density at radius 3 is 1.69 bits per heavy atom. The number of halogens is 2. The molecule has 370 valence electrons. The molecule has 4 aliphatic heterocycles. The lowest BCUT2D eigenvalue weighted by Crippen LogP contribution is -2.28. The third-order valence-electron chi connectivity index (χ3n) is 12.5. The van der Waals surface area contributed by atoms with Crippen LogP contribution in [-0.2, 0) is 49.9 Å². The number of aromatic nitrogens is 4. The van der Waals surface area contributed by atoms with Gasteiger partial charge in [0.1, 0.15) is 42.4 Å². The number of nitrogens with zero attached hydrogens (tertiary/aromatic N) is 6. The molecule has 4 aromatic carbocycles. The summed E-state index contributed by atoms with van der Waals surface area (Å²) in [5.74, 6) is 2.60. The highest BCUT2D eigenvalue weighted by Crippen LogP contribution is 2.34. The molecule has 0 radical (unpaired) electrons. The number of carbonyl (C=O) groups is 5. The highest BCUT2D eigenvalue weighted by Gasteiger charge is 2.32. The van der Waals surface area contributed by atoms with E-state index in [2.05, 4.69) is 9.97 Å². The minimum Gasteiger partial charge on any atom is -0.497 e. The van der Waals surface area contributed by atoms with Gasteiger partial charge in [-0.15, -0.1) is 0 Å². The van der Waals surface area contributed by atoms with E-state index in [0.717, 1.165) is 34.4 Å². The second-order valence-corrected chi connectivity index (χ2v) is 17.6. The van der Waals surface area contributed by atoms with E-state index in [4.69, 9.17) is 24.7 Å². The van der Waals surface area contributed by atoms with Crippen molar-refractivity contribution in [1.82, 2.24) is 19.1 Å². The molecule has 0 aliphatic carbocycles. The third-order valence-corrected chi connectivity index (χ3v) is 12.5. The summed E-state index contributed by atoms with van der Waals surface area (Å²) >= 11 is 0. The summed E-state index contributed by atoms with van der Waals surface area (Å²) in [4.78, 5) is 93.4. The highest BCUT2D eigenvalue weighted by molar-refractivity contribution is 5.97. The van der Waals surface area contributed by atoms with Crippen molar-refractivity contribution in [2.45, 2.75) is 70.0 Å². The maximum atomic E-state index is 15.0. The molecule has 2 aromatic heterocycles. The van der Waals surface area contributed by atoms with Crippen molar-refractivity contribution in [3.8, 4) is 23.0 Å². The summed E-state index contributed by atoms with van der Waals surface area (Å²) in [7, 11) is 3.02. The van der Waals surface area contributed by atoms with Crippen molar-refractivity contribution < 1.29 is 51.7 Å². The van der Waals surface area contributed by atoms with Crippen molar-refractivity contribution in [2.75, 3.05) is 50.3 Å². The molecule has 0 bridgehead atoms. The van der Waals surface area contributed by atoms with Crippen LogP contribution >= 0.6 is 0 Å². The zero-order valence-corrected chi connectivity index (χ0v) is 39.0. The van der Waals surface area contributed by atoms with Gasteiger partial charge in [0, 0.05) is 79.4 Å². The number of hydrogen-bond acceptors (Lipinski definition) is 14. The van der Waals surface area contributed by atoms with Gasteiger partial charge in [-0.25, -0.2) is 18.7 Å². The molecular weight excluding hydrogens is 925 g/mol. The van der Waals surface area contributed by atoms with Gasteiger partial charge in [0.15, 0.2) is 24.0 Å². The van der Waals surface area contributed by atoms with Gasteiger partial charge in [-0.1, -0.05) is 0 Å². The lowest BCUT2D eigenvalue weighted by atomic mass is 10.0. The zero-order chi connectivity index (χ0) is 50.3. The maximum Gasteiger partial charge on any atom is 0.269 e. The molecule has 2 fully saturated rings. The molecule has 10 rings (SSSR count). The number of carbonyl (C=O) groups excluding carboxylic acids is 5. The molecule has 0 saturated carbocycles. The molecule has 4 atom stereocenters. The number of Topliss-reactive ketones (excluding diaryl/α,β-unsaturated/α-hetero) is 2. The second-order valence-electron chi connectivity index (χ2n) is 17.6. The molecule has 18 nitrogen and oxygen atoms in total. The Kier molecular flexibility index (Phi) is 15.2. The summed E-state index contributed by atoms with van der Waals surface area (Å²) < 4.78 is 51.7. The summed E-state index contributed by atoms with van der Waals surface area (Å²) in [6, 6.07) is 20.9. The number of amides is 2. The first kappa shape index (κ1) is 49.5. The minimum absolute atomic E-state index is 0.00814. The third kappa shape index (κ3) is 11.6. The van der Waals surface area contributed by atoms with E-state index >= 15 is 4.39 Å². The van der Waals surface area contributed by atoms with Gasteiger partial charge in [0.25, 0.3) is 11.1 Å². The number of fused-ring (bicyclic) bond motifs is 4. The van der Waals surface area contributed by atoms with E-state index in [-0.39, 0.29) is 79.9 Å². The number of ketones is 2. The van der Waals surface area contributed by atoms with Gasteiger partial charge in [-0.2, -0.15) is 0 Å². The van der Waals surface area contributed by atoms with Crippen LogP contribution in [-0.4, -0.2) is 108 Å². The number of aldehydes is 1. The molecule has 20 heteroatoms. The zero-order valence-electron chi connectivity index (χ0n) is 39.0. The number of hydrogen-bond donors (Lipinski definition) is 1. The fourth-order valence-electron chi connectivity index (χ4n) is 8.92. The Morgan fingerprint density at radius 2 is 1.20 bits per heavy atom. The van der Waals surface area contributed by atoms with Gasteiger partial charge < -0.3 is 48.4 Å². The molecule has 6 heterocycles. The largest absolute Gasteiger partial charge is 0.497 e. The average Bonchev–Trinajstić information content (AvgIpc) is 3.93. The van der Waals surface area contributed by atoms with Crippen molar-refractivity contribution in [3.63, 3.8) is 0 Å².